The molecule has 3 rings (SSSR count). The lowest BCUT2D eigenvalue weighted by Crippen LogP contribution is -1.89. The Morgan fingerprint density at radius 3 is 2.52 bits per heavy atom. The molecular weight excluding hydrogens is 278 g/mol. The zero-order valence-electron chi connectivity index (χ0n) is 12.1. The maximum atomic E-state index is 5.63. The third kappa shape index (κ3) is 2.61. The molecular formula is C18H17NOS. The monoisotopic (exact) mass is 295 g/mol. The molecule has 0 unspecified atom stereocenters. The van der Waals surface area contributed by atoms with Crippen LogP contribution in [0, 0.1) is 6.92 Å². The van der Waals surface area contributed by atoms with Crippen LogP contribution in [0.25, 0.3) is 22.5 Å². The molecule has 0 atom stereocenters. The Balaban J connectivity index is 2.23. The summed E-state index contributed by atoms with van der Waals surface area (Å²) in [5.41, 5.74) is 5.31. The van der Waals surface area contributed by atoms with Gasteiger partial charge in [0.2, 0.25) is 0 Å². The van der Waals surface area contributed by atoms with Gasteiger partial charge < -0.3 is 4.52 Å². The first-order valence-corrected chi connectivity index (χ1v) is 7.49. The van der Waals surface area contributed by atoms with E-state index in [9.17, 15) is 0 Å². The van der Waals surface area contributed by atoms with E-state index >= 15 is 0 Å². The van der Waals surface area contributed by atoms with Crippen molar-refractivity contribution in [3.63, 3.8) is 0 Å². The fourth-order valence-electron chi connectivity index (χ4n) is 2.48. The minimum absolute atomic E-state index is 0.812. The molecule has 0 bridgehead atoms. The van der Waals surface area contributed by atoms with Gasteiger partial charge in [0.15, 0.2) is 5.76 Å². The molecule has 3 aromatic rings. The van der Waals surface area contributed by atoms with Crippen LogP contribution in [0.2, 0.25) is 0 Å². The van der Waals surface area contributed by atoms with Crippen molar-refractivity contribution >= 4 is 12.6 Å². The standard InChI is InChI=1S/C18H17NOS/c1-3-15-17(14-10-9-12(2)11-16(14)21)18(20-19-15)13-7-5-4-6-8-13/h4-11,21H,3H2,1-2H3. The summed E-state index contributed by atoms with van der Waals surface area (Å²) in [4.78, 5) is 0.949. The molecule has 0 saturated carbocycles. The maximum Gasteiger partial charge on any atom is 0.174 e. The van der Waals surface area contributed by atoms with Crippen LogP contribution in [-0.4, -0.2) is 5.16 Å². The molecule has 1 heterocycles. The van der Waals surface area contributed by atoms with Gasteiger partial charge in [-0.05, 0) is 25.0 Å². The second-order valence-electron chi connectivity index (χ2n) is 5.07. The Hall–Kier alpha value is -2.00. The number of thiol groups is 1. The van der Waals surface area contributed by atoms with Crippen LogP contribution in [0.1, 0.15) is 18.2 Å². The Bertz CT molecular complexity index is 762. The number of benzene rings is 2. The number of aryl methyl sites for hydroxylation is 2. The molecule has 0 spiro atoms. The van der Waals surface area contributed by atoms with E-state index in [-0.39, 0.29) is 0 Å². The third-order valence-electron chi connectivity index (χ3n) is 3.56. The van der Waals surface area contributed by atoms with Crippen LogP contribution in [0.5, 0.6) is 0 Å². The largest absolute Gasteiger partial charge is 0.355 e. The highest BCUT2D eigenvalue weighted by Gasteiger charge is 2.19. The molecule has 0 aliphatic rings. The summed E-state index contributed by atoms with van der Waals surface area (Å²) in [6.45, 7) is 4.15. The second-order valence-corrected chi connectivity index (χ2v) is 5.56. The number of hydrogen-bond donors (Lipinski definition) is 1. The van der Waals surface area contributed by atoms with Gasteiger partial charge >= 0.3 is 0 Å². The summed E-state index contributed by atoms with van der Waals surface area (Å²) in [5.74, 6) is 0.812. The van der Waals surface area contributed by atoms with Crippen molar-refractivity contribution < 1.29 is 4.52 Å². The first-order chi connectivity index (χ1) is 10.2. The molecule has 0 amide bonds. The van der Waals surface area contributed by atoms with E-state index in [1.807, 2.05) is 30.3 Å². The molecule has 0 aliphatic heterocycles. The number of nitrogens with zero attached hydrogens (tertiary/aromatic N) is 1. The molecule has 0 radical (unpaired) electrons. The van der Waals surface area contributed by atoms with Crippen molar-refractivity contribution in [3.05, 3.63) is 59.8 Å². The lowest BCUT2D eigenvalue weighted by molar-refractivity contribution is 0.424. The smallest absolute Gasteiger partial charge is 0.174 e. The molecule has 0 fully saturated rings. The van der Waals surface area contributed by atoms with Gasteiger partial charge in [-0.3, -0.25) is 0 Å². The van der Waals surface area contributed by atoms with Crippen LogP contribution < -0.4 is 0 Å². The lowest BCUT2D eigenvalue weighted by Gasteiger charge is -2.08. The van der Waals surface area contributed by atoms with Crippen molar-refractivity contribution in [1.29, 1.82) is 0 Å². The molecule has 0 saturated heterocycles. The van der Waals surface area contributed by atoms with Crippen molar-refractivity contribution in [2.75, 3.05) is 0 Å². The molecule has 21 heavy (non-hydrogen) atoms. The van der Waals surface area contributed by atoms with Crippen molar-refractivity contribution in [3.8, 4) is 22.5 Å². The van der Waals surface area contributed by atoms with E-state index < -0.39 is 0 Å². The maximum absolute atomic E-state index is 5.63. The first-order valence-electron chi connectivity index (χ1n) is 7.04. The first kappa shape index (κ1) is 14.0. The second kappa shape index (κ2) is 5.78. The summed E-state index contributed by atoms with van der Waals surface area (Å²) in [7, 11) is 0. The van der Waals surface area contributed by atoms with Crippen molar-refractivity contribution in [2.45, 2.75) is 25.2 Å². The van der Waals surface area contributed by atoms with E-state index in [4.69, 9.17) is 4.52 Å². The summed E-state index contributed by atoms with van der Waals surface area (Å²) in [5, 5.41) is 4.24. The minimum Gasteiger partial charge on any atom is -0.355 e. The van der Waals surface area contributed by atoms with Gasteiger partial charge in [0, 0.05) is 16.0 Å². The Morgan fingerprint density at radius 2 is 1.86 bits per heavy atom. The van der Waals surface area contributed by atoms with E-state index in [0.717, 1.165) is 39.5 Å². The van der Waals surface area contributed by atoms with Gasteiger partial charge in [-0.2, -0.15) is 0 Å². The summed E-state index contributed by atoms with van der Waals surface area (Å²) in [6, 6.07) is 16.3. The number of aromatic nitrogens is 1. The van der Waals surface area contributed by atoms with Gasteiger partial charge in [-0.15, -0.1) is 12.6 Å². The van der Waals surface area contributed by atoms with E-state index in [1.54, 1.807) is 0 Å². The summed E-state index contributed by atoms with van der Waals surface area (Å²) in [6.07, 6.45) is 0.826. The molecule has 2 nitrogen and oxygen atoms in total. The van der Waals surface area contributed by atoms with E-state index in [0.29, 0.717) is 0 Å². The number of hydrogen-bond acceptors (Lipinski definition) is 3. The third-order valence-corrected chi connectivity index (χ3v) is 3.93. The fraction of sp³-hybridized carbons (Fsp3) is 0.167. The Labute approximate surface area is 130 Å². The van der Waals surface area contributed by atoms with Gasteiger partial charge in [0.1, 0.15) is 0 Å². The highest BCUT2D eigenvalue weighted by atomic mass is 32.1. The highest BCUT2D eigenvalue weighted by molar-refractivity contribution is 7.80. The molecule has 1 aromatic heterocycles. The number of rotatable bonds is 3. The van der Waals surface area contributed by atoms with E-state index in [1.165, 1.54) is 5.56 Å². The average molecular weight is 295 g/mol. The van der Waals surface area contributed by atoms with Gasteiger partial charge in [0.25, 0.3) is 0 Å². The normalized spacial score (nSPS) is 10.8. The molecule has 0 N–H and O–H groups in total. The van der Waals surface area contributed by atoms with Crippen LogP contribution >= 0.6 is 12.6 Å². The topological polar surface area (TPSA) is 26.0 Å². The Kier molecular flexibility index (Phi) is 3.84. The summed E-state index contributed by atoms with van der Waals surface area (Å²) >= 11 is 4.63. The predicted molar refractivity (Wildman–Crippen MR) is 88.7 cm³/mol. The SMILES string of the molecule is CCc1noc(-c2ccccc2)c1-c1ccc(C)cc1S. The van der Waals surface area contributed by atoms with Crippen molar-refractivity contribution in [2.24, 2.45) is 0 Å². The molecule has 2 aromatic carbocycles. The van der Waals surface area contributed by atoms with Crippen molar-refractivity contribution in [1.82, 2.24) is 5.16 Å². The van der Waals surface area contributed by atoms with Crippen LogP contribution in [0.15, 0.2) is 57.9 Å². The van der Waals surface area contributed by atoms with Crippen LogP contribution in [0.4, 0.5) is 0 Å². The van der Waals surface area contributed by atoms with Gasteiger partial charge in [-0.25, -0.2) is 0 Å². The fourth-order valence-corrected chi connectivity index (χ4v) is 2.87. The molecule has 106 valence electrons. The van der Waals surface area contributed by atoms with Crippen LogP contribution in [0.3, 0.4) is 0 Å². The van der Waals surface area contributed by atoms with Gasteiger partial charge in [0.05, 0.1) is 11.3 Å². The van der Waals surface area contributed by atoms with Crippen LogP contribution in [-0.2, 0) is 6.42 Å². The van der Waals surface area contributed by atoms with E-state index in [2.05, 4.69) is 49.8 Å². The highest BCUT2D eigenvalue weighted by Crippen LogP contribution is 2.38. The zero-order valence-corrected chi connectivity index (χ0v) is 13.0. The Morgan fingerprint density at radius 1 is 1.10 bits per heavy atom. The van der Waals surface area contributed by atoms with Gasteiger partial charge in [-0.1, -0.05) is 54.5 Å². The molecule has 0 aliphatic carbocycles. The quantitative estimate of drug-likeness (QED) is 0.675. The molecule has 3 heteroatoms. The minimum atomic E-state index is 0.812. The lowest BCUT2D eigenvalue weighted by atomic mass is 9.97. The average Bonchev–Trinajstić information content (AvgIpc) is 2.92. The predicted octanol–water partition coefficient (Wildman–Crippen LogP) is 5.17. The zero-order chi connectivity index (χ0) is 14.8. The summed E-state index contributed by atoms with van der Waals surface area (Å²) < 4.78 is 5.63.